The monoisotopic (exact) mass is 315 g/mol. The van der Waals surface area contributed by atoms with Crippen molar-refractivity contribution in [2.24, 2.45) is 0 Å². The lowest BCUT2D eigenvalue weighted by Gasteiger charge is -2.24. The molecule has 0 saturated heterocycles. The summed E-state index contributed by atoms with van der Waals surface area (Å²) in [6.07, 6.45) is 4.52. The second-order valence-corrected chi connectivity index (χ2v) is 6.14. The SMILES string of the molecule is Cc1cc(=O)oc2cc(OCC(=O)N(C)C3CCCC3)ccc12. The van der Waals surface area contributed by atoms with E-state index in [9.17, 15) is 9.59 Å². The van der Waals surface area contributed by atoms with Gasteiger partial charge in [0.2, 0.25) is 0 Å². The Morgan fingerprint density at radius 3 is 2.78 bits per heavy atom. The summed E-state index contributed by atoms with van der Waals surface area (Å²) in [4.78, 5) is 25.4. The third kappa shape index (κ3) is 3.38. The molecule has 1 aliphatic rings. The molecule has 122 valence electrons. The van der Waals surface area contributed by atoms with E-state index in [-0.39, 0.29) is 18.1 Å². The molecule has 1 fully saturated rings. The van der Waals surface area contributed by atoms with Gasteiger partial charge >= 0.3 is 5.63 Å². The van der Waals surface area contributed by atoms with Gasteiger partial charge in [0.1, 0.15) is 11.3 Å². The molecule has 0 spiro atoms. The molecule has 1 heterocycles. The van der Waals surface area contributed by atoms with Crippen LogP contribution < -0.4 is 10.4 Å². The first-order valence-corrected chi connectivity index (χ1v) is 7.97. The number of carbonyl (C=O) groups excluding carboxylic acids is 1. The molecule has 1 aromatic heterocycles. The number of hydrogen-bond donors (Lipinski definition) is 0. The zero-order valence-corrected chi connectivity index (χ0v) is 13.5. The van der Waals surface area contributed by atoms with Crippen molar-refractivity contribution in [1.82, 2.24) is 4.90 Å². The largest absolute Gasteiger partial charge is 0.484 e. The number of fused-ring (bicyclic) bond motifs is 1. The Kier molecular flexibility index (Phi) is 4.37. The molecule has 0 N–H and O–H groups in total. The van der Waals surface area contributed by atoms with Crippen molar-refractivity contribution in [3.63, 3.8) is 0 Å². The van der Waals surface area contributed by atoms with Crippen LogP contribution in [0.25, 0.3) is 11.0 Å². The van der Waals surface area contributed by atoms with Crippen molar-refractivity contribution < 1.29 is 13.9 Å². The van der Waals surface area contributed by atoms with Crippen LogP contribution in [0.5, 0.6) is 5.75 Å². The number of ether oxygens (including phenoxy) is 1. The summed E-state index contributed by atoms with van der Waals surface area (Å²) in [6.45, 7) is 1.86. The van der Waals surface area contributed by atoms with Crippen LogP contribution in [0, 0.1) is 6.92 Å². The third-order valence-corrected chi connectivity index (χ3v) is 4.55. The highest BCUT2D eigenvalue weighted by molar-refractivity contribution is 5.81. The van der Waals surface area contributed by atoms with Gasteiger partial charge in [-0.25, -0.2) is 4.79 Å². The number of amides is 1. The molecule has 2 aromatic rings. The molecule has 0 unspecified atom stereocenters. The lowest BCUT2D eigenvalue weighted by atomic mass is 10.1. The van der Waals surface area contributed by atoms with Crippen LogP contribution in [-0.2, 0) is 4.79 Å². The number of rotatable bonds is 4. The van der Waals surface area contributed by atoms with Crippen LogP contribution in [0.2, 0.25) is 0 Å². The molecular weight excluding hydrogens is 294 g/mol. The molecular formula is C18H21NO4. The Labute approximate surface area is 134 Å². The molecule has 1 saturated carbocycles. The van der Waals surface area contributed by atoms with Crippen molar-refractivity contribution in [2.75, 3.05) is 13.7 Å². The molecule has 0 atom stereocenters. The minimum Gasteiger partial charge on any atom is -0.484 e. The minimum absolute atomic E-state index is 0.00540. The van der Waals surface area contributed by atoms with E-state index in [1.165, 1.54) is 18.9 Å². The first kappa shape index (κ1) is 15.6. The topological polar surface area (TPSA) is 59.8 Å². The molecule has 0 bridgehead atoms. The average molecular weight is 315 g/mol. The summed E-state index contributed by atoms with van der Waals surface area (Å²) in [6, 6.07) is 7.09. The van der Waals surface area contributed by atoms with Crippen LogP contribution in [0.15, 0.2) is 33.5 Å². The molecule has 3 rings (SSSR count). The number of carbonyl (C=O) groups is 1. The van der Waals surface area contributed by atoms with Gasteiger partial charge in [-0.1, -0.05) is 12.8 Å². The summed E-state index contributed by atoms with van der Waals surface area (Å²) in [5, 5.41) is 0.867. The predicted octanol–water partition coefficient (Wildman–Crippen LogP) is 2.88. The van der Waals surface area contributed by atoms with E-state index >= 15 is 0 Å². The third-order valence-electron chi connectivity index (χ3n) is 4.55. The van der Waals surface area contributed by atoms with E-state index in [0.29, 0.717) is 17.4 Å². The molecule has 1 aromatic carbocycles. The average Bonchev–Trinajstić information content (AvgIpc) is 3.05. The lowest BCUT2D eigenvalue weighted by Crippen LogP contribution is -2.38. The highest BCUT2D eigenvalue weighted by Crippen LogP contribution is 2.24. The van der Waals surface area contributed by atoms with Crippen molar-refractivity contribution in [2.45, 2.75) is 38.6 Å². The summed E-state index contributed by atoms with van der Waals surface area (Å²) in [5.41, 5.74) is 0.952. The maximum Gasteiger partial charge on any atom is 0.336 e. The number of aryl methyl sites for hydroxylation is 1. The van der Waals surface area contributed by atoms with Crippen molar-refractivity contribution in [3.05, 3.63) is 40.2 Å². The Morgan fingerprint density at radius 1 is 1.30 bits per heavy atom. The Hall–Kier alpha value is -2.30. The van der Waals surface area contributed by atoms with E-state index in [2.05, 4.69) is 0 Å². The van der Waals surface area contributed by atoms with Crippen molar-refractivity contribution >= 4 is 16.9 Å². The second-order valence-electron chi connectivity index (χ2n) is 6.14. The number of hydrogen-bond acceptors (Lipinski definition) is 4. The number of likely N-dealkylation sites (N-methyl/N-ethyl adjacent to an activating group) is 1. The summed E-state index contributed by atoms with van der Waals surface area (Å²) >= 11 is 0. The first-order valence-electron chi connectivity index (χ1n) is 7.97. The standard InChI is InChI=1S/C18H21NO4/c1-12-9-18(21)23-16-10-14(7-8-15(12)16)22-11-17(20)19(2)13-5-3-4-6-13/h7-10,13H,3-6,11H2,1-2H3. The van der Waals surface area contributed by atoms with Gasteiger partial charge in [-0.05, 0) is 37.5 Å². The minimum atomic E-state index is -0.385. The zero-order valence-electron chi connectivity index (χ0n) is 13.5. The number of nitrogens with zero attached hydrogens (tertiary/aromatic N) is 1. The van der Waals surface area contributed by atoms with Gasteiger partial charge in [-0.15, -0.1) is 0 Å². The van der Waals surface area contributed by atoms with Crippen LogP contribution in [0.3, 0.4) is 0 Å². The van der Waals surface area contributed by atoms with Crippen molar-refractivity contribution in [1.29, 1.82) is 0 Å². The predicted molar refractivity (Wildman–Crippen MR) is 87.7 cm³/mol. The zero-order chi connectivity index (χ0) is 16.4. The smallest absolute Gasteiger partial charge is 0.336 e. The fourth-order valence-corrected chi connectivity index (χ4v) is 3.14. The van der Waals surface area contributed by atoms with Gasteiger partial charge in [-0.3, -0.25) is 4.79 Å². The molecule has 1 aliphatic carbocycles. The molecule has 5 nitrogen and oxygen atoms in total. The van der Waals surface area contributed by atoms with Crippen LogP contribution in [0.4, 0.5) is 0 Å². The van der Waals surface area contributed by atoms with E-state index < -0.39 is 0 Å². The van der Waals surface area contributed by atoms with E-state index in [1.54, 1.807) is 17.0 Å². The molecule has 5 heteroatoms. The highest BCUT2D eigenvalue weighted by Gasteiger charge is 2.23. The summed E-state index contributed by atoms with van der Waals surface area (Å²) < 4.78 is 10.8. The van der Waals surface area contributed by atoms with E-state index in [4.69, 9.17) is 9.15 Å². The molecule has 0 aliphatic heterocycles. The fourth-order valence-electron chi connectivity index (χ4n) is 3.14. The van der Waals surface area contributed by atoms with Crippen LogP contribution >= 0.6 is 0 Å². The van der Waals surface area contributed by atoms with Gasteiger partial charge in [0.05, 0.1) is 0 Å². The van der Waals surface area contributed by atoms with Crippen LogP contribution in [-0.4, -0.2) is 30.5 Å². The molecule has 1 amide bonds. The molecule has 0 radical (unpaired) electrons. The number of benzene rings is 1. The normalized spacial score (nSPS) is 15.0. The Balaban J connectivity index is 1.69. The van der Waals surface area contributed by atoms with Gasteiger partial charge in [0.25, 0.3) is 5.91 Å². The van der Waals surface area contributed by atoms with E-state index in [0.717, 1.165) is 23.8 Å². The Morgan fingerprint density at radius 2 is 2.04 bits per heavy atom. The molecule has 23 heavy (non-hydrogen) atoms. The summed E-state index contributed by atoms with van der Waals surface area (Å²) in [5.74, 6) is 0.502. The Bertz CT molecular complexity index is 774. The lowest BCUT2D eigenvalue weighted by molar-refractivity contribution is -0.134. The fraction of sp³-hybridized carbons (Fsp3) is 0.444. The first-order chi connectivity index (χ1) is 11.0. The second kappa shape index (κ2) is 6.44. The van der Waals surface area contributed by atoms with E-state index in [1.807, 2.05) is 20.0 Å². The quantitative estimate of drug-likeness (QED) is 0.814. The maximum absolute atomic E-state index is 12.2. The maximum atomic E-state index is 12.2. The van der Waals surface area contributed by atoms with Crippen LogP contribution in [0.1, 0.15) is 31.2 Å². The van der Waals surface area contributed by atoms with Gasteiger partial charge in [0, 0.05) is 30.6 Å². The van der Waals surface area contributed by atoms with Gasteiger partial charge in [0.15, 0.2) is 6.61 Å². The van der Waals surface area contributed by atoms with Gasteiger partial charge in [-0.2, -0.15) is 0 Å². The highest BCUT2D eigenvalue weighted by atomic mass is 16.5. The van der Waals surface area contributed by atoms with Crippen molar-refractivity contribution in [3.8, 4) is 5.75 Å². The summed E-state index contributed by atoms with van der Waals surface area (Å²) in [7, 11) is 1.84. The van der Waals surface area contributed by atoms with Gasteiger partial charge < -0.3 is 14.1 Å².